The fourth-order valence-electron chi connectivity index (χ4n) is 8.05. The van der Waals surface area contributed by atoms with Gasteiger partial charge in [0.2, 0.25) is 11.8 Å². The maximum absolute atomic E-state index is 16.3. The molecule has 3 aliphatic rings. The van der Waals surface area contributed by atoms with E-state index in [1.165, 1.54) is 20.3 Å². The van der Waals surface area contributed by atoms with E-state index in [1.54, 1.807) is 48.2 Å². The van der Waals surface area contributed by atoms with Gasteiger partial charge in [-0.25, -0.2) is 9.18 Å². The number of fused-ring (bicyclic) bond motifs is 3. The molecule has 1 unspecified atom stereocenters. The second kappa shape index (κ2) is 11.2. The summed E-state index contributed by atoms with van der Waals surface area (Å²) in [5.74, 6) is -2.46. The zero-order valence-electron chi connectivity index (χ0n) is 26.7. The first-order chi connectivity index (χ1) is 21.7. The van der Waals surface area contributed by atoms with E-state index in [0.29, 0.717) is 45.3 Å². The van der Waals surface area contributed by atoms with Crippen LogP contribution in [0.4, 0.5) is 15.8 Å². The lowest BCUT2D eigenvalue weighted by molar-refractivity contribution is -0.122. The lowest BCUT2D eigenvalue weighted by Crippen LogP contribution is -2.54. The molecule has 8 nitrogen and oxygen atoms in total. The molecule has 0 saturated carbocycles. The molecule has 11 heteroatoms. The maximum atomic E-state index is 16.3. The summed E-state index contributed by atoms with van der Waals surface area (Å²) in [7, 11) is 2.78. The predicted octanol–water partition coefficient (Wildman–Crippen LogP) is 7.09. The molecule has 242 valence electrons. The van der Waals surface area contributed by atoms with Crippen LogP contribution in [0.25, 0.3) is 0 Å². The van der Waals surface area contributed by atoms with Crippen LogP contribution >= 0.6 is 23.2 Å². The highest BCUT2D eigenvalue weighted by atomic mass is 35.5. The lowest BCUT2D eigenvalue weighted by Gasteiger charge is -2.42. The molecule has 3 aromatic carbocycles. The van der Waals surface area contributed by atoms with Gasteiger partial charge in [0.05, 0.1) is 36.7 Å². The van der Waals surface area contributed by atoms with Crippen molar-refractivity contribution in [3.63, 3.8) is 0 Å². The van der Waals surface area contributed by atoms with Crippen molar-refractivity contribution in [2.75, 3.05) is 24.4 Å². The molecule has 0 radical (unpaired) electrons. The minimum Gasteiger partial charge on any atom is -0.494 e. The number of carbonyl (C=O) groups excluding carboxylic acids is 3. The van der Waals surface area contributed by atoms with Crippen molar-refractivity contribution < 1.29 is 28.2 Å². The van der Waals surface area contributed by atoms with Gasteiger partial charge in [-0.15, -0.1) is 0 Å². The minimum atomic E-state index is -1.35. The number of esters is 1. The van der Waals surface area contributed by atoms with Crippen molar-refractivity contribution in [1.29, 1.82) is 0 Å². The molecule has 1 spiro atoms. The van der Waals surface area contributed by atoms with Crippen molar-refractivity contribution in [1.82, 2.24) is 4.90 Å². The molecule has 0 aliphatic carbocycles. The summed E-state index contributed by atoms with van der Waals surface area (Å²) in [6, 6.07) is 11.7. The van der Waals surface area contributed by atoms with Crippen LogP contribution in [0, 0.1) is 18.2 Å². The van der Waals surface area contributed by atoms with Crippen molar-refractivity contribution in [2.24, 2.45) is 5.41 Å². The van der Waals surface area contributed by atoms with E-state index in [1.807, 2.05) is 13.0 Å². The number of amides is 2. The van der Waals surface area contributed by atoms with E-state index in [0.717, 1.165) is 0 Å². The third-order valence-corrected chi connectivity index (χ3v) is 10.3. The number of anilines is 2. The van der Waals surface area contributed by atoms with Gasteiger partial charge >= 0.3 is 5.97 Å². The van der Waals surface area contributed by atoms with Crippen molar-refractivity contribution in [3.8, 4) is 5.75 Å². The highest BCUT2D eigenvalue weighted by molar-refractivity contribution is 6.31. The molecule has 2 fully saturated rings. The van der Waals surface area contributed by atoms with Gasteiger partial charge in [-0.2, -0.15) is 0 Å². The Balaban J connectivity index is 1.63. The second-order valence-electron chi connectivity index (χ2n) is 13.4. The molecule has 3 heterocycles. The average Bonchev–Trinajstić information content (AvgIpc) is 3.54. The number of halogens is 3. The number of rotatable bonds is 5. The van der Waals surface area contributed by atoms with Crippen LogP contribution in [-0.4, -0.2) is 55.2 Å². The molecule has 2 amide bonds. The summed E-state index contributed by atoms with van der Waals surface area (Å²) in [5.41, 5.74) is 1.01. The summed E-state index contributed by atoms with van der Waals surface area (Å²) < 4.78 is 27.0. The first kappa shape index (κ1) is 32.3. The Morgan fingerprint density at radius 2 is 1.80 bits per heavy atom. The summed E-state index contributed by atoms with van der Waals surface area (Å²) in [4.78, 5) is 45.8. The zero-order chi connectivity index (χ0) is 33.5. The Bertz CT molecular complexity index is 1790. The topological polar surface area (TPSA) is 88.2 Å². The monoisotopic (exact) mass is 667 g/mol. The van der Waals surface area contributed by atoms with Gasteiger partial charge in [-0.1, -0.05) is 62.2 Å². The van der Waals surface area contributed by atoms with Gasteiger partial charge in [0.1, 0.15) is 23.0 Å². The number of ether oxygens (including phenoxy) is 2. The van der Waals surface area contributed by atoms with E-state index >= 15 is 4.39 Å². The Labute approximate surface area is 277 Å². The SMILES string of the molecule is COC(=O)c1ccc(N2C(=O)[C@H]3[C@H](c4cccc(Cl)c4F)C4(C(=O)Nc5cc(Cl)ccc54)[C@H](CC(C)(C)C)N3[C@@H]2C)c(OC)c1C. The van der Waals surface area contributed by atoms with Crippen LogP contribution < -0.4 is 15.0 Å². The van der Waals surface area contributed by atoms with E-state index in [4.69, 9.17) is 32.7 Å². The van der Waals surface area contributed by atoms with E-state index in [9.17, 15) is 14.4 Å². The number of carbonyl (C=O) groups is 3. The Morgan fingerprint density at radius 3 is 2.46 bits per heavy atom. The average molecular weight is 669 g/mol. The van der Waals surface area contributed by atoms with Gasteiger partial charge in [0.15, 0.2) is 0 Å². The third kappa shape index (κ3) is 4.53. The van der Waals surface area contributed by atoms with Crippen molar-refractivity contribution in [2.45, 2.75) is 70.6 Å². The zero-order valence-corrected chi connectivity index (χ0v) is 28.2. The molecule has 6 rings (SSSR count). The Kier molecular flexibility index (Phi) is 7.89. The molecule has 0 aromatic heterocycles. The molecule has 2 saturated heterocycles. The van der Waals surface area contributed by atoms with Crippen LogP contribution in [0.5, 0.6) is 5.75 Å². The minimum absolute atomic E-state index is 0.0979. The van der Waals surface area contributed by atoms with Gasteiger partial charge in [-0.3, -0.25) is 19.4 Å². The smallest absolute Gasteiger partial charge is 0.338 e. The summed E-state index contributed by atoms with van der Waals surface area (Å²) in [5, 5.41) is 3.38. The third-order valence-electron chi connectivity index (χ3n) is 9.74. The summed E-state index contributed by atoms with van der Waals surface area (Å²) in [6.07, 6.45) is -0.0870. The number of benzene rings is 3. The van der Waals surface area contributed by atoms with E-state index in [-0.39, 0.29) is 27.8 Å². The second-order valence-corrected chi connectivity index (χ2v) is 14.3. The Hall–Kier alpha value is -3.66. The van der Waals surface area contributed by atoms with Crippen molar-refractivity contribution >= 4 is 52.4 Å². The Morgan fingerprint density at radius 1 is 1.09 bits per heavy atom. The number of hydrogen-bond donors (Lipinski definition) is 1. The maximum Gasteiger partial charge on any atom is 0.338 e. The number of nitrogens with one attached hydrogen (secondary N) is 1. The lowest BCUT2D eigenvalue weighted by atomic mass is 9.62. The van der Waals surface area contributed by atoms with Gasteiger partial charge in [0, 0.05) is 28.2 Å². The number of nitrogens with zero attached hydrogens (tertiary/aromatic N) is 2. The van der Waals surface area contributed by atoms with Gasteiger partial charge < -0.3 is 14.8 Å². The van der Waals surface area contributed by atoms with Crippen LogP contribution in [0.3, 0.4) is 0 Å². The molecule has 3 aliphatic heterocycles. The van der Waals surface area contributed by atoms with Crippen molar-refractivity contribution in [3.05, 3.63) is 86.6 Å². The van der Waals surface area contributed by atoms with Gasteiger partial charge in [-0.05, 0) is 67.1 Å². The fraction of sp³-hybridized carbons (Fsp3) is 0.400. The molecule has 46 heavy (non-hydrogen) atoms. The fourth-order valence-corrected chi connectivity index (χ4v) is 8.40. The molecule has 0 bridgehead atoms. The first-order valence-electron chi connectivity index (χ1n) is 15.1. The number of methoxy groups -OCH3 is 2. The van der Waals surface area contributed by atoms with Gasteiger partial charge in [0.25, 0.3) is 0 Å². The van der Waals surface area contributed by atoms with Crippen LogP contribution in [0.15, 0.2) is 48.5 Å². The molecular formula is C35H36Cl2FN3O5. The standard InChI is InChI=1S/C35H36Cl2FN3O5/c1-17-20(32(43)46-7)12-14-25(30(17)45-6)40-18(2)41-26(16-34(3,4)5)35(22-13-11-19(36)15-24(22)39-33(35)44)27(29(41)31(40)42)21-9-8-10-23(37)28(21)38/h8-15,18,26-27,29H,16H2,1-7H3,(H,39,44)/t18-,26+,27+,29-,35?/m1/s1. The summed E-state index contributed by atoms with van der Waals surface area (Å²) >= 11 is 12.8. The van der Waals surface area contributed by atoms with Crippen LogP contribution in [0.2, 0.25) is 10.0 Å². The first-order valence-corrected chi connectivity index (χ1v) is 15.9. The molecule has 1 N–H and O–H groups in total. The predicted molar refractivity (Wildman–Crippen MR) is 175 cm³/mol. The molecular weight excluding hydrogens is 632 g/mol. The molecule has 3 aromatic rings. The summed E-state index contributed by atoms with van der Waals surface area (Å²) in [6.45, 7) is 9.87. The quantitative estimate of drug-likeness (QED) is 0.292. The van der Waals surface area contributed by atoms with E-state index in [2.05, 4.69) is 31.0 Å². The highest BCUT2D eigenvalue weighted by Gasteiger charge is 2.73. The van der Waals surface area contributed by atoms with Crippen LogP contribution in [-0.2, 0) is 19.7 Å². The highest BCUT2D eigenvalue weighted by Crippen LogP contribution is 2.63. The molecule has 5 atom stereocenters. The van der Waals surface area contributed by atoms with Crippen LogP contribution in [0.1, 0.15) is 67.1 Å². The van der Waals surface area contributed by atoms with E-state index < -0.39 is 41.4 Å². The largest absolute Gasteiger partial charge is 0.494 e. The number of hydrogen-bond acceptors (Lipinski definition) is 6. The normalized spacial score (nSPS) is 25.6.